The Morgan fingerprint density at radius 1 is 0.547 bits per heavy atom. The maximum Gasteiger partial charge on any atom is 0.306 e. The van der Waals surface area contributed by atoms with Crippen molar-refractivity contribution in [3.63, 3.8) is 0 Å². The van der Waals surface area contributed by atoms with E-state index in [0.29, 0.717) is 19.3 Å². The van der Waals surface area contributed by atoms with Crippen molar-refractivity contribution < 1.29 is 24.5 Å². The third kappa shape index (κ3) is 36.8. The molecule has 3 N–H and O–H groups in total. The summed E-state index contributed by atoms with van der Waals surface area (Å²) in [5, 5.41) is 23.6. The van der Waals surface area contributed by atoms with Crippen molar-refractivity contribution in [3.05, 3.63) is 36.5 Å². The van der Waals surface area contributed by atoms with E-state index in [9.17, 15) is 19.8 Å². The lowest BCUT2D eigenvalue weighted by Gasteiger charge is -2.24. The molecule has 0 saturated carbocycles. The molecule has 1 amide bonds. The van der Waals surface area contributed by atoms with Gasteiger partial charge in [-0.1, -0.05) is 179 Å². The highest BCUT2D eigenvalue weighted by Crippen LogP contribution is 2.16. The van der Waals surface area contributed by atoms with E-state index in [-0.39, 0.29) is 31.3 Å². The summed E-state index contributed by atoms with van der Waals surface area (Å²) in [6.07, 6.45) is 46.4. The first-order valence-electron chi connectivity index (χ1n) is 22.7. The minimum Gasteiger partial charge on any atom is -0.462 e. The zero-order valence-corrected chi connectivity index (χ0v) is 35.1. The summed E-state index contributed by atoms with van der Waals surface area (Å²) in [5.41, 5.74) is 0. The van der Waals surface area contributed by atoms with Crippen LogP contribution < -0.4 is 5.32 Å². The number of allylic oxidation sites excluding steroid dienone is 6. The van der Waals surface area contributed by atoms with Gasteiger partial charge in [-0.25, -0.2) is 0 Å². The molecule has 53 heavy (non-hydrogen) atoms. The van der Waals surface area contributed by atoms with Gasteiger partial charge in [0.15, 0.2) is 0 Å². The Hall–Kier alpha value is -1.92. The first-order chi connectivity index (χ1) is 26.0. The van der Waals surface area contributed by atoms with Gasteiger partial charge in [-0.15, -0.1) is 0 Å². The molecule has 0 aromatic heterocycles. The molecule has 0 saturated heterocycles. The van der Waals surface area contributed by atoms with Crippen molar-refractivity contribution >= 4 is 11.9 Å². The molecule has 6 nitrogen and oxygen atoms in total. The van der Waals surface area contributed by atoms with Gasteiger partial charge < -0.3 is 20.3 Å². The quantitative estimate of drug-likeness (QED) is 0.0330. The summed E-state index contributed by atoms with van der Waals surface area (Å²) in [4.78, 5) is 25.9. The van der Waals surface area contributed by atoms with E-state index in [1.165, 1.54) is 109 Å². The van der Waals surface area contributed by atoms with Crippen LogP contribution in [0.1, 0.15) is 226 Å². The Labute approximate surface area is 328 Å². The second-order valence-electron chi connectivity index (χ2n) is 15.4. The molecule has 0 aliphatic carbocycles. The van der Waals surface area contributed by atoms with Gasteiger partial charge in [-0.2, -0.15) is 0 Å². The predicted octanol–water partition coefficient (Wildman–Crippen LogP) is 12.9. The van der Waals surface area contributed by atoms with Crippen LogP contribution in [0, 0.1) is 0 Å². The van der Waals surface area contributed by atoms with E-state index in [0.717, 1.165) is 64.2 Å². The Bertz CT molecular complexity index is 884. The lowest BCUT2D eigenvalue weighted by molar-refractivity contribution is -0.150. The smallest absolute Gasteiger partial charge is 0.306 e. The molecule has 0 aromatic rings. The average molecular weight is 746 g/mol. The number of esters is 1. The Balaban J connectivity index is 4.65. The summed E-state index contributed by atoms with van der Waals surface area (Å²) in [7, 11) is 0. The lowest BCUT2D eigenvalue weighted by atomic mass is 10.0. The predicted molar refractivity (Wildman–Crippen MR) is 227 cm³/mol. The number of unbranched alkanes of at least 4 members (excludes halogenated alkanes) is 22. The fourth-order valence-corrected chi connectivity index (χ4v) is 6.71. The van der Waals surface area contributed by atoms with Gasteiger partial charge in [0.25, 0.3) is 0 Å². The van der Waals surface area contributed by atoms with Crippen molar-refractivity contribution in [2.75, 3.05) is 6.61 Å². The average Bonchev–Trinajstić information content (AvgIpc) is 3.15. The zero-order chi connectivity index (χ0) is 38.9. The number of amides is 1. The van der Waals surface area contributed by atoms with Gasteiger partial charge in [-0.05, 0) is 70.6 Å². The second kappa shape index (κ2) is 41.2. The number of aliphatic hydroxyl groups is 2. The Morgan fingerprint density at radius 2 is 0.962 bits per heavy atom. The Morgan fingerprint density at radius 3 is 1.51 bits per heavy atom. The van der Waals surface area contributed by atoms with Crippen molar-refractivity contribution in [2.45, 2.75) is 244 Å². The van der Waals surface area contributed by atoms with E-state index in [2.05, 4.69) is 56.5 Å². The first kappa shape index (κ1) is 51.1. The normalized spacial score (nSPS) is 13.7. The largest absolute Gasteiger partial charge is 0.462 e. The fraction of sp³-hybridized carbons (Fsp3) is 0.830. The van der Waals surface area contributed by atoms with Crippen LogP contribution >= 0.6 is 0 Å². The third-order valence-electron chi connectivity index (χ3n) is 10.2. The van der Waals surface area contributed by atoms with Crippen LogP contribution in [0.15, 0.2) is 36.5 Å². The fourth-order valence-electron chi connectivity index (χ4n) is 6.71. The van der Waals surface area contributed by atoms with E-state index >= 15 is 0 Å². The molecule has 0 bridgehead atoms. The second-order valence-corrected chi connectivity index (χ2v) is 15.4. The highest BCUT2D eigenvalue weighted by molar-refractivity contribution is 5.77. The topological polar surface area (TPSA) is 95.9 Å². The number of hydrogen-bond donors (Lipinski definition) is 3. The van der Waals surface area contributed by atoms with Crippen LogP contribution in [0.3, 0.4) is 0 Å². The van der Waals surface area contributed by atoms with Crippen LogP contribution in [0.25, 0.3) is 0 Å². The zero-order valence-electron chi connectivity index (χ0n) is 35.1. The molecule has 0 radical (unpaired) electrons. The standard InChI is InChI=1S/C47H87NO5/c1-4-7-10-13-16-19-22-23-25-28-31-34-37-40-47(52)53-43(38-35-32-29-26-21-18-15-12-9-6-3)41-46(51)48-44(42-49)45(50)39-36-33-30-27-24-20-17-14-11-8-5-2/h18,21,23,25,31,34,43-45,49-50H,4-17,19-20,22,24,26-30,32-33,35-42H2,1-3H3,(H,48,51)/b21-18-,25-23-,34-31+. The number of nitrogens with one attached hydrogen (secondary N) is 1. The molecule has 0 aromatic carbocycles. The highest BCUT2D eigenvalue weighted by Gasteiger charge is 2.24. The number of ether oxygens (including phenoxy) is 1. The number of hydrogen-bond acceptors (Lipinski definition) is 5. The molecule has 3 atom stereocenters. The molecular formula is C47H87NO5. The molecule has 0 fully saturated rings. The van der Waals surface area contributed by atoms with Crippen LogP contribution in [-0.4, -0.2) is 46.9 Å². The number of carbonyl (C=O) groups excluding carboxylic acids is 2. The lowest BCUT2D eigenvalue weighted by Crippen LogP contribution is -2.46. The van der Waals surface area contributed by atoms with E-state index < -0.39 is 18.2 Å². The number of rotatable bonds is 40. The molecule has 0 heterocycles. The monoisotopic (exact) mass is 746 g/mol. The maximum atomic E-state index is 13.1. The number of carbonyl (C=O) groups is 2. The summed E-state index contributed by atoms with van der Waals surface area (Å²) in [6, 6.07) is -0.712. The van der Waals surface area contributed by atoms with E-state index in [4.69, 9.17) is 4.74 Å². The van der Waals surface area contributed by atoms with Crippen LogP contribution in [0.2, 0.25) is 0 Å². The van der Waals surface area contributed by atoms with Crippen molar-refractivity contribution in [1.82, 2.24) is 5.32 Å². The molecule has 6 heteroatoms. The summed E-state index contributed by atoms with van der Waals surface area (Å²) < 4.78 is 5.84. The molecule has 0 rings (SSSR count). The van der Waals surface area contributed by atoms with E-state index in [1.807, 2.05) is 6.08 Å². The molecule has 0 aliphatic rings. The van der Waals surface area contributed by atoms with Gasteiger partial charge in [-0.3, -0.25) is 9.59 Å². The third-order valence-corrected chi connectivity index (χ3v) is 10.2. The molecule has 0 aliphatic heterocycles. The van der Waals surface area contributed by atoms with Gasteiger partial charge in [0.05, 0.1) is 25.2 Å². The molecule has 310 valence electrons. The van der Waals surface area contributed by atoms with Gasteiger partial charge >= 0.3 is 5.97 Å². The maximum absolute atomic E-state index is 13.1. The molecule has 3 unspecified atom stereocenters. The van der Waals surface area contributed by atoms with Crippen molar-refractivity contribution in [3.8, 4) is 0 Å². The summed E-state index contributed by atoms with van der Waals surface area (Å²) in [5.74, 6) is -0.571. The van der Waals surface area contributed by atoms with Gasteiger partial charge in [0.2, 0.25) is 5.91 Å². The van der Waals surface area contributed by atoms with Crippen molar-refractivity contribution in [1.29, 1.82) is 0 Å². The summed E-state index contributed by atoms with van der Waals surface area (Å²) in [6.45, 7) is 6.40. The molecule has 0 spiro atoms. The van der Waals surface area contributed by atoms with Gasteiger partial charge in [0.1, 0.15) is 6.10 Å². The minimum absolute atomic E-state index is 0.0456. The molecular weight excluding hydrogens is 659 g/mol. The van der Waals surface area contributed by atoms with Crippen molar-refractivity contribution in [2.24, 2.45) is 0 Å². The SMILES string of the molecule is CCCCC/C=C\CCCCCC(CC(=O)NC(CO)C(O)CCCCCCCCCCCCC)OC(=O)CC/C=C/C/C=C\CCCCCCCC. The van der Waals surface area contributed by atoms with Crippen LogP contribution in [0.5, 0.6) is 0 Å². The summed E-state index contributed by atoms with van der Waals surface area (Å²) >= 11 is 0. The van der Waals surface area contributed by atoms with E-state index in [1.54, 1.807) is 0 Å². The van der Waals surface area contributed by atoms with Crippen LogP contribution in [-0.2, 0) is 14.3 Å². The van der Waals surface area contributed by atoms with Gasteiger partial charge in [0, 0.05) is 6.42 Å². The minimum atomic E-state index is -0.796. The highest BCUT2D eigenvalue weighted by atomic mass is 16.5. The first-order valence-corrected chi connectivity index (χ1v) is 22.7. The van der Waals surface area contributed by atoms with Crippen LogP contribution in [0.4, 0.5) is 0 Å². The number of aliphatic hydroxyl groups excluding tert-OH is 2. The Kier molecular flexibility index (Phi) is 39.8.